The molecule has 1 aliphatic rings. The molecule has 0 amide bonds. The lowest BCUT2D eigenvalue weighted by atomic mass is 9.97. The normalized spacial score (nSPS) is 17.0. The van der Waals surface area contributed by atoms with E-state index in [4.69, 9.17) is 5.11 Å². The van der Waals surface area contributed by atoms with Crippen LogP contribution in [0.3, 0.4) is 0 Å². The minimum absolute atomic E-state index is 0.224. The number of hydrogen-bond acceptors (Lipinski definition) is 5. The molecule has 2 heterocycles. The van der Waals surface area contributed by atoms with Gasteiger partial charge in [0.15, 0.2) is 0 Å². The second-order valence-corrected chi connectivity index (χ2v) is 5.77. The van der Waals surface area contributed by atoms with E-state index >= 15 is 0 Å². The molecule has 0 spiro atoms. The molecule has 5 nitrogen and oxygen atoms in total. The summed E-state index contributed by atoms with van der Waals surface area (Å²) in [6, 6.07) is 4.56. The van der Waals surface area contributed by atoms with Crippen LogP contribution in [0, 0.1) is 11.7 Å². The Kier molecular flexibility index (Phi) is 4.80. The van der Waals surface area contributed by atoms with Gasteiger partial charge in [-0.3, -0.25) is 0 Å². The number of nitrogens with one attached hydrogen (secondary N) is 1. The average Bonchev–Trinajstić information content (AvgIpc) is 2.54. The van der Waals surface area contributed by atoms with E-state index in [1.54, 1.807) is 6.07 Å². The molecule has 6 heteroatoms. The highest BCUT2D eigenvalue weighted by molar-refractivity contribution is 5.88. The van der Waals surface area contributed by atoms with Gasteiger partial charge in [-0.05, 0) is 50.0 Å². The van der Waals surface area contributed by atoms with Crippen LogP contribution in [-0.4, -0.2) is 52.8 Å². The third-order valence-corrected chi connectivity index (χ3v) is 4.28. The van der Waals surface area contributed by atoms with Crippen LogP contribution in [0.4, 0.5) is 10.2 Å². The molecular formula is C16H21FN4O. The van der Waals surface area contributed by atoms with Crippen LogP contribution in [0.2, 0.25) is 0 Å². The van der Waals surface area contributed by atoms with Gasteiger partial charge >= 0.3 is 0 Å². The van der Waals surface area contributed by atoms with Crippen molar-refractivity contribution >= 4 is 16.7 Å². The Morgan fingerprint density at radius 1 is 1.27 bits per heavy atom. The molecule has 0 radical (unpaired) electrons. The topological polar surface area (TPSA) is 61.3 Å². The highest BCUT2D eigenvalue weighted by Crippen LogP contribution is 2.22. The van der Waals surface area contributed by atoms with E-state index < -0.39 is 0 Å². The highest BCUT2D eigenvalue weighted by Gasteiger charge is 2.18. The van der Waals surface area contributed by atoms with Crippen LogP contribution in [0.25, 0.3) is 10.9 Å². The van der Waals surface area contributed by atoms with Crippen LogP contribution in [0.15, 0.2) is 24.5 Å². The maximum atomic E-state index is 13.4. The molecule has 118 valence electrons. The van der Waals surface area contributed by atoms with Crippen molar-refractivity contribution in [2.24, 2.45) is 5.92 Å². The van der Waals surface area contributed by atoms with Crippen molar-refractivity contribution in [2.45, 2.75) is 12.8 Å². The first kappa shape index (κ1) is 15.1. The summed E-state index contributed by atoms with van der Waals surface area (Å²) in [4.78, 5) is 10.7. The fourth-order valence-electron chi connectivity index (χ4n) is 2.97. The number of likely N-dealkylation sites (tertiary alicyclic amines) is 1. The van der Waals surface area contributed by atoms with Crippen LogP contribution < -0.4 is 5.32 Å². The zero-order valence-electron chi connectivity index (χ0n) is 12.5. The first-order chi connectivity index (χ1) is 10.8. The predicted octanol–water partition coefficient (Wildman–Crippen LogP) is 1.89. The van der Waals surface area contributed by atoms with Gasteiger partial charge in [0.1, 0.15) is 18.0 Å². The van der Waals surface area contributed by atoms with Crippen molar-refractivity contribution in [3.05, 3.63) is 30.3 Å². The summed E-state index contributed by atoms with van der Waals surface area (Å²) < 4.78 is 13.4. The fraction of sp³-hybridized carbons (Fsp3) is 0.500. The van der Waals surface area contributed by atoms with Gasteiger partial charge in [0, 0.05) is 18.5 Å². The standard InChI is InChI=1S/C16H21FN4O/c17-13-1-2-15-14(9-13)16(20-11-19-15)18-10-12-3-5-21(6-4-12)7-8-22/h1-2,9,11-12,22H,3-8,10H2,(H,18,19,20). The van der Waals surface area contributed by atoms with Crippen molar-refractivity contribution in [3.63, 3.8) is 0 Å². The van der Waals surface area contributed by atoms with E-state index in [2.05, 4.69) is 20.2 Å². The fourth-order valence-corrected chi connectivity index (χ4v) is 2.97. The van der Waals surface area contributed by atoms with E-state index in [0.717, 1.165) is 49.9 Å². The van der Waals surface area contributed by atoms with Crippen LogP contribution >= 0.6 is 0 Å². The second-order valence-electron chi connectivity index (χ2n) is 5.77. The molecule has 1 aromatic heterocycles. The number of hydrogen-bond donors (Lipinski definition) is 2. The largest absolute Gasteiger partial charge is 0.395 e. The van der Waals surface area contributed by atoms with Crippen molar-refractivity contribution in [3.8, 4) is 0 Å². The second kappa shape index (κ2) is 6.98. The lowest BCUT2D eigenvalue weighted by Crippen LogP contribution is -2.37. The molecule has 0 bridgehead atoms. The third-order valence-electron chi connectivity index (χ3n) is 4.28. The number of anilines is 1. The van der Waals surface area contributed by atoms with Gasteiger partial charge < -0.3 is 15.3 Å². The Hall–Kier alpha value is -1.79. The van der Waals surface area contributed by atoms with Crippen LogP contribution in [0.5, 0.6) is 0 Å². The van der Waals surface area contributed by atoms with E-state index in [0.29, 0.717) is 11.7 Å². The molecule has 0 aliphatic carbocycles. The van der Waals surface area contributed by atoms with Gasteiger partial charge in [0.25, 0.3) is 0 Å². The number of piperidine rings is 1. The predicted molar refractivity (Wildman–Crippen MR) is 84.2 cm³/mol. The summed E-state index contributed by atoms with van der Waals surface area (Å²) in [7, 11) is 0. The van der Waals surface area contributed by atoms with Crippen molar-refractivity contribution in [2.75, 3.05) is 38.1 Å². The Balaban J connectivity index is 1.61. The maximum Gasteiger partial charge on any atom is 0.137 e. The van der Waals surface area contributed by atoms with Gasteiger partial charge in [0.05, 0.1) is 12.1 Å². The summed E-state index contributed by atoms with van der Waals surface area (Å²) >= 11 is 0. The summed E-state index contributed by atoms with van der Waals surface area (Å²) in [5.41, 5.74) is 0.747. The SMILES string of the molecule is OCCN1CCC(CNc2ncnc3ccc(F)cc23)CC1. The van der Waals surface area contributed by atoms with Gasteiger partial charge in [0.2, 0.25) is 0 Å². The van der Waals surface area contributed by atoms with Gasteiger partial charge in [-0.1, -0.05) is 0 Å². The van der Waals surface area contributed by atoms with Crippen molar-refractivity contribution < 1.29 is 9.50 Å². The number of halogens is 1. The Labute approximate surface area is 129 Å². The van der Waals surface area contributed by atoms with Crippen molar-refractivity contribution in [1.29, 1.82) is 0 Å². The molecule has 1 saturated heterocycles. The van der Waals surface area contributed by atoms with Crippen LogP contribution in [-0.2, 0) is 0 Å². The van der Waals surface area contributed by atoms with Crippen LogP contribution in [0.1, 0.15) is 12.8 Å². The zero-order valence-corrected chi connectivity index (χ0v) is 12.5. The van der Waals surface area contributed by atoms with E-state index in [1.807, 2.05) is 0 Å². The number of benzene rings is 1. The Bertz CT molecular complexity index is 629. The number of aliphatic hydroxyl groups is 1. The molecule has 0 unspecified atom stereocenters. The minimum atomic E-state index is -0.275. The summed E-state index contributed by atoms with van der Waals surface area (Å²) in [5.74, 6) is 0.999. The highest BCUT2D eigenvalue weighted by atomic mass is 19.1. The molecule has 2 N–H and O–H groups in total. The van der Waals surface area contributed by atoms with Gasteiger partial charge in [-0.2, -0.15) is 0 Å². The maximum absolute atomic E-state index is 13.4. The molecule has 1 fully saturated rings. The lowest BCUT2D eigenvalue weighted by Gasteiger charge is -2.31. The molecule has 2 aromatic rings. The lowest BCUT2D eigenvalue weighted by molar-refractivity contribution is 0.151. The van der Waals surface area contributed by atoms with E-state index in [-0.39, 0.29) is 12.4 Å². The molecular weight excluding hydrogens is 283 g/mol. The summed E-state index contributed by atoms with van der Waals surface area (Å²) in [6.07, 6.45) is 3.71. The summed E-state index contributed by atoms with van der Waals surface area (Å²) in [6.45, 7) is 3.85. The number of rotatable bonds is 5. The average molecular weight is 304 g/mol. The van der Waals surface area contributed by atoms with E-state index in [1.165, 1.54) is 18.5 Å². The molecule has 0 saturated carbocycles. The number of fused-ring (bicyclic) bond motifs is 1. The van der Waals surface area contributed by atoms with Gasteiger partial charge in [-0.25, -0.2) is 14.4 Å². The summed E-state index contributed by atoms with van der Waals surface area (Å²) in [5, 5.41) is 13.0. The quantitative estimate of drug-likeness (QED) is 0.883. The molecule has 1 aliphatic heterocycles. The first-order valence-corrected chi connectivity index (χ1v) is 7.73. The molecule has 1 aromatic carbocycles. The number of aliphatic hydroxyl groups excluding tert-OH is 1. The Morgan fingerprint density at radius 3 is 2.86 bits per heavy atom. The number of β-amino-alcohol motifs (C(OH)–C–C–N with tert-alkyl or cyclic N) is 1. The Morgan fingerprint density at radius 2 is 2.09 bits per heavy atom. The van der Waals surface area contributed by atoms with Gasteiger partial charge in [-0.15, -0.1) is 0 Å². The minimum Gasteiger partial charge on any atom is -0.395 e. The molecule has 22 heavy (non-hydrogen) atoms. The molecule has 3 rings (SSSR count). The first-order valence-electron chi connectivity index (χ1n) is 7.73. The number of aromatic nitrogens is 2. The monoisotopic (exact) mass is 304 g/mol. The molecule has 0 atom stereocenters. The number of nitrogens with zero attached hydrogens (tertiary/aromatic N) is 3. The third kappa shape index (κ3) is 3.51. The zero-order chi connectivity index (χ0) is 15.4. The smallest absolute Gasteiger partial charge is 0.137 e. The van der Waals surface area contributed by atoms with E-state index in [9.17, 15) is 4.39 Å². The van der Waals surface area contributed by atoms with Crippen molar-refractivity contribution in [1.82, 2.24) is 14.9 Å².